The van der Waals surface area contributed by atoms with Gasteiger partial charge in [0.1, 0.15) is 0 Å². The Bertz CT molecular complexity index is 816. The van der Waals surface area contributed by atoms with Crippen LogP contribution in [0.1, 0.15) is 38.2 Å². The summed E-state index contributed by atoms with van der Waals surface area (Å²) in [5, 5.41) is 0. The van der Waals surface area contributed by atoms with Crippen LogP contribution in [0.3, 0.4) is 0 Å². The van der Waals surface area contributed by atoms with Gasteiger partial charge in [-0.3, -0.25) is 0 Å². The van der Waals surface area contributed by atoms with Crippen LogP contribution in [-0.2, 0) is 10.0 Å². The van der Waals surface area contributed by atoms with Gasteiger partial charge in [0, 0.05) is 19.0 Å². The van der Waals surface area contributed by atoms with Crippen LogP contribution in [0.15, 0.2) is 64.6 Å². The first kappa shape index (κ1) is 18.2. The van der Waals surface area contributed by atoms with Gasteiger partial charge in [0.25, 0.3) is 0 Å². The zero-order chi connectivity index (χ0) is 18.0. The molecule has 4 heteroatoms. The van der Waals surface area contributed by atoms with Gasteiger partial charge in [-0.25, -0.2) is 8.42 Å². The van der Waals surface area contributed by atoms with Crippen molar-refractivity contribution in [3.8, 4) is 0 Å². The number of sulfonamides is 1. The third kappa shape index (κ3) is 3.96. The lowest BCUT2D eigenvalue weighted by atomic mass is 9.91. The maximum Gasteiger partial charge on any atom is 0.243 e. The average molecular weight is 358 g/mol. The van der Waals surface area contributed by atoms with Crippen LogP contribution in [0.2, 0.25) is 0 Å². The molecule has 3 rings (SSSR count). The van der Waals surface area contributed by atoms with Crippen molar-refractivity contribution in [1.82, 2.24) is 4.31 Å². The first-order valence-electron chi connectivity index (χ1n) is 8.99. The minimum Gasteiger partial charge on any atom is -0.207 e. The maximum absolute atomic E-state index is 13.0. The summed E-state index contributed by atoms with van der Waals surface area (Å²) in [6.45, 7) is 9.01. The standard InChI is InChI=1S/C21H27NO2S/c1-16(2)21-15-22(14-19(21)13-18-7-5-4-6-8-18)25(23,24)20-11-9-17(3)10-12-20/h7,9-13,21H,1,4-6,8,14-15H2,2-3H3/b19-13-. The van der Waals surface area contributed by atoms with E-state index in [4.69, 9.17) is 0 Å². The lowest BCUT2D eigenvalue weighted by molar-refractivity contribution is 0.468. The van der Waals surface area contributed by atoms with E-state index in [9.17, 15) is 8.42 Å². The predicted molar refractivity (Wildman–Crippen MR) is 103 cm³/mol. The Balaban J connectivity index is 1.89. The highest BCUT2D eigenvalue weighted by atomic mass is 32.2. The molecule has 25 heavy (non-hydrogen) atoms. The maximum atomic E-state index is 13.0. The zero-order valence-corrected chi connectivity index (χ0v) is 16.0. The fourth-order valence-corrected chi connectivity index (χ4v) is 5.03. The Labute approximate surface area is 151 Å². The topological polar surface area (TPSA) is 37.4 Å². The molecule has 1 aromatic rings. The first-order chi connectivity index (χ1) is 11.9. The van der Waals surface area contributed by atoms with Crippen LogP contribution in [0.4, 0.5) is 0 Å². The number of rotatable bonds is 4. The molecule has 0 spiro atoms. The van der Waals surface area contributed by atoms with Crippen LogP contribution in [-0.4, -0.2) is 25.8 Å². The summed E-state index contributed by atoms with van der Waals surface area (Å²) in [4.78, 5) is 0.372. The van der Waals surface area contributed by atoms with Crippen molar-refractivity contribution >= 4 is 10.0 Å². The summed E-state index contributed by atoms with van der Waals surface area (Å²) in [5.74, 6) is 0.114. The number of hydrogen-bond acceptors (Lipinski definition) is 2. The molecule has 0 radical (unpaired) electrons. The second kappa shape index (κ2) is 7.30. The van der Waals surface area contributed by atoms with E-state index in [0.29, 0.717) is 18.0 Å². The predicted octanol–water partition coefficient (Wildman–Crippen LogP) is 4.62. The number of allylic oxidation sites excluding steroid dienone is 3. The van der Waals surface area contributed by atoms with Crippen LogP contribution < -0.4 is 0 Å². The highest BCUT2D eigenvalue weighted by molar-refractivity contribution is 7.89. The summed E-state index contributed by atoms with van der Waals surface area (Å²) < 4.78 is 27.6. The largest absolute Gasteiger partial charge is 0.243 e. The summed E-state index contributed by atoms with van der Waals surface area (Å²) in [6.07, 6.45) is 9.22. The van der Waals surface area contributed by atoms with Gasteiger partial charge in [0.05, 0.1) is 4.90 Å². The monoisotopic (exact) mass is 357 g/mol. The number of nitrogens with zero attached hydrogens (tertiary/aromatic N) is 1. The Morgan fingerprint density at radius 2 is 1.96 bits per heavy atom. The second-order valence-corrected chi connectivity index (χ2v) is 9.19. The van der Waals surface area contributed by atoms with Crippen molar-refractivity contribution < 1.29 is 8.42 Å². The minimum absolute atomic E-state index is 0.114. The smallest absolute Gasteiger partial charge is 0.207 e. The van der Waals surface area contributed by atoms with E-state index in [0.717, 1.165) is 24.0 Å². The van der Waals surface area contributed by atoms with Gasteiger partial charge >= 0.3 is 0 Å². The Hall–Kier alpha value is -1.65. The fourth-order valence-electron chi connectivity index (χ4n) is 3.59. The lowest BCUT2D eigenvalue weighted by Crippen LogP contribution is -2.29. The molecule has 0 N–H and O–H groups in total. The Kier molecular flexibility index (Phi) is 5.30. The summed E-state index contributed by atoms with van der Waals surface area (Å²) >= 11 is 0. The summed E-state index contributed by atoms with van der Waals surface area (Å²) in [6, 6.07) is 7.10. The minimum atomic E-state index is -3.46. The summed E-state index contributed by atoms with van der Waals surface area (Å²) in [5.41, 5.74) is 4.62. The number of benzene rings is 1. The molecule has 1 atom stereocenters. The average Bonchev–Trinajstić information content (AvgIpc) is 3.01. The molecule has 3 nitrogen and oxygen atoms in total. The molecule has 0 saturated carbocycles. The summed E-state index contributed by atoms with van der Waals surface area (Å²) in [7, 11) is -3.46. The number of hydrogen-bond donors (Lipinski definition) is 0. The van der Waals surface area contributed by atoms with Crippen LogP contribution in [0, 0.1) is 12.8 Å². The van der Waals surface area contributed by atoms with Crippen LogP contribution >= 0.6 is 0 Å². The molecule has 0 bridgehead atoms. The van der Waals surface area contributed by atoms with Crippen molar-refractivity contribution in [2.45, 2.75) is 44.4 Å². The van der Waals surface area contributed by atoms with E-state index in [1.54, 1.807) is 16.4 Å². The zero-order valence-electron chi connectivity index (χ0n) is 15.2. The molecule has 1 aliphatic heterocycles. The molecular weight excluding hydrogens is 330 g/mol. The SMILES string of the molecule is C=C(C)C1CN(S(=O)(=O)c2ccc(C)cc2)C/C1=C/C1=CCCCC1. The van der Waals surface area contributed by atoms with E-state index in [1.807, 2.05) is 26.0 Å². The molecule has 1 aliphatic carbocycles. The van der Waals surface area contributed by atoms with E-state index >= 15 is 0 Å². The normalized spacial score (nSPS) is 23.7. The third-order valence-electron chi connectivity index (χ3n) is 5.14. The van der Waals surface area contributed by atoms with E-state index < -0.39 is 10.0 Å². The van der Waals surface area contributed by atoms with Crippen LogP contribution in [0.5, 0.6) is 0 Å². The molecule has 1 heterocycles. The Morgan fingerprint density at radius 3 is 2.56 bits per heavy atom. The number of aryl methyl sites for hydroxylation is 1. The van der Waals surface area contributed by atoms with Crippen molar-refractivity contribution in [2.24, 2.45) is 5.92 Å². The first-order valence-corrected chi connectivity index (χ1v) is 10.4. The Morgan fingerprint density at radius 1 is 1.24 bits per heavy atom. The molecule has 1 aromatic carbocycles. The van der Waals surface area contributed by atoms with Gasteiger partial charge in [0.15, 0.2) is 0 Å². The van der Waals surface area contributed by atoms with Crippen molar-refractivity contribution in [3.63, 3.8) is 0 Å². The molecule has 0 aromatic heterocycles. The lowest BCUT2D eigenvalue weighted by Gasteiger charge is -2.16. The van der Waals surface area contributed by atoms with Crippen molar-refractivity contribution in [1.29, 1.82) is 0 Å². The molecule has 134 valence electrons. The molecule has 1 saturated heterocycles. The highest BCUT2D eigenvalue weighted by Gasteiger charge is 2.36. The van der Waals surface area contributed by atoms with Gasteiger partial charge in [-0.1, -0.05) is 47.6 Å². The van der Waals surface area contributed by atoms with Gasteiger partial charge in [0.2, 0.25) is 10.0 Å². The molecule has 1 fully saturated rings. The molecular formula is C21H27NO2S. The van der Waals surface area contributed by atoms with Gasteiger partial charge < -0.3 is 0 Å². The van der Waals surface area contributed by atoms with E-state index in [-0.39, 0.29) is 5.92 Å². The van der Waals surface area contributed by atoms with E-state index in [1.165, 1.54) is 24.0 Å². The van der Waals surface area contributed by atoms with Gasteiger partial charge in [-0.05, 0) is 57.2 Å². The second-order valence-electron chi connectivity index (χ2n) is 7.25. The molecule has 0 amide bonds. The molecule has 1 unspecified atom stereocenters. The third-order valence-corrected chi connectivity index (χ3v) is 6.97. The fraction of sp³-hybridized carbons (Fsp3) is 0.429. The highest BCUT2D eigenvalue weighted by Crippen LogP contribution is 2.34. The van der Waals surface area contributed by atoms with Crippen molar-refractivity contribution in [3.05, 3.63) is 65.3 Å². The van der Waals surface area contributed by atoms with Gasteiger partial charge in [-0.15, -0.1) is 0 Å². The quantitative estimate of drug-likeness (QED) is 0.738. The van der Waals surface area contributed by atoms with Gasteiger partial charge in [-0.2, -0.15) is 4.31 Å². The molecule has 2 aliphatic rings. The van der Waals surface area contributed by atoms with E-state index in [2.05, 4.69) is 18.7 Å². The van der Waals surface area contributed by atoms with Crippen LogP contribution in [0.25, 0.3) is 0 Å². The van der Waals surface area contributed by atoms with Crippen molar-refractivity contribution in [2.75, 3.05) is 13.1 Å².